The molecular formula is C26H34Cl2N2O4. The van der Waals surface area contributed by atoms with E-state index in [9.17, 15) is 9.59 Å². The maximum atomic E-state index is 12.0. The molecular weight excluding hydrogens is 475 g/mol. The molecule has 0 atom stereocenters. The van der Waals surface area contributed by atoms with Crippen molar-refractivity contribution in [1.82, 2.24) is 5.06 Å². The molecule has 2 aromatic carbocycles. The molecule has 0 unspecified atom stereocenters. The standard InChI is InChI=1S/C14H20ClNO2.C12H14ClNO2/c1-4-11-7-6-8-12(5-2)14(11)16(10-18-3)13(17)9-15;1-12(2)8-16-14(11(12)15)7-9-5-3-4-6-10(9)13/h6-8H,4-5,9-10H2,1-3H3;3-6H,7-8H2,1-2H3. The van der Waals surface area contributed by atoms with Crippen molar-refractivity contribution in [3.05, 3.63) is 64.2 Å². The molecule has 6 nitrogen and oxygen atoms in total. The molecule has 0 spiro atoms. The smallest absolute Gasteiger partial charge is 0.254 e. The van der Waals surface area contributed by atoms with Gasteiger partial charge in [0.15, 0.2) is 0 Å². The van der Waals surface area contributed by atoms with E-state index in [2.05, 4.69) is 13.8 Å². The number of ether oxygens (including phenoxy) is 1. The zero-order valence-electron chi connectivity index (χ0n) is 20.6. The molecule has 2 aromatic rings. The van der Waals surface area contributed by atoms with E-state index in [0.717, 1.165) is 35.2 Å². The predicted molar refractivity (Wildman–Crippen MR) is 137 cm³/mol. The first kappa shape index (κ1) is 28.1. The van der Waals surface area contributed by atoms with Crippen LogP contribution in [0.15, 0.2) is 42.5 Å². The summed E-state index contributed by atoms with van der Waals surface area (Å²) >= 11 is 11.7. The Kier molecular flexibility index (Phi) is 10.8. The van der Waals surface area contributed by atoms with Crippen molar-refractivity contribution in [1.29, 1.82) is 0 Å². The van der Waals surface area contributed by atoms with Crippen molar-refractivity contribution in [2.45, 2.75) is 47.1 Å². The van der Waals surface area contributed by atoms with Gasteiger partial charge in [0, 0.05) is 12.1 Å². The molecule has 1 aliphatic rings. The van der Waals surface area contributed by atoms with Crippen LogP contribution in [0.2, 0.25) is 5.02 Å². The molecule has 2 amide bonds. The lowest BCUT2D eigenvalue weighted by molar-refractivity contribution is -0.165. The predicted octanol–water partition coefficient (Wildman–Crippen LogP) is 5.63. The maximum absolute atomic E-state index is 12.0. The minimum atomic E-state index is -0.429. The number of carbonyl (C=O) groups is 2. The van der Waals surface area contributed by atoms with E-state index in [1.165, 1.54) is 5.06 Å². The molecule has 3 rings (SSSR count). The lowest BCUT2D eigenvalue weighted by atomic mass is 9.95. The third-order valence-corrected chi connectivity index (χ3v) is 6.16. The third kappa shape index (κ3) is 6.95. The van der Waals surface area contributed by atoms with Gasteiger partial charge >= 0.3 is 0 Å². The summed E-state index contributed by atoms with van der Waals surface area (Å²) in [4.78, 5) is 30.8. The van der Waals surface area contributed by atoms with Crippen LogP contribution in [-0.2, 0) is 38.5 Å². The van der Waals surface area contributed by atoms with Gasteiger partial charge in [0.1, 0.15) is 12.6 Å². The molecule has 0 saturated carbocycles. The van der Waals surface area contributed by atoms with Crippen LogP contribution in [0.3, 0.4) is 0 Å². The number of hydrogen-bond acceptors (Lipinski definition) is 4. The number of benzene rings is 2. The summed E-state index contributed by atoms with van der Waals surface area (Å²) in [7, 11) is 1.58. The Morgan fingerprint density at radius 2 is 1.68 bits per heavy atom. The Balaban J connectivity index is 0.000000241. The highest BCUT2D eigenvalue weighted by Gasteiger charge is 2.40. The van der Waals surface area contributed by atoms with Gasteiger partial charge in [-0.3, -0.25) is 19.3 Å². The molecule has 0 aromatic heterocycles. The van der Waals surface area contributed by atoms with E-state index in [1.807, 2.05) is 56.3 Å². The molecule has 0 N–H and O–H groups in total. The third-order valence-electron chi connectivity index (χ3n) is 5.57. The van der Waals surface area contributed by atoms with Crippen LogP contribution >= 0.6 is 23.2 Å². The lowest BCUT2D eigenvalue weighted by Crippen LogP contribution is -2.35. The van der Waals surface area contributed by atoms with Crippen LogP contribution in [0.1, 0.15) is 44.4 Å². The molecule has 1 saturated heterocycles. The van der Waals surface area contributed by atoms with Gasteiger partial charge in [0.25, 0.3) is 5.91 Å². The van der Waals surface area contributed by atoms with E-state index in [1.54, 1.807) is 12.0 Å². The van der Waals surface area contributed by atoms with Crippen LogP contribution in [0, 0.1) is 5.41 Å². The van der Waals surface area contributed by atoms with Crippen molar-refractivity contribution >= 4 is 40.7 Å². The fourth-order valence-corrected chi connectivity index (χ4v) is 3.96. The van der Waals surface area contributed by atoms with Crippen LogP contribution in [0.5, 0.6) is 0 Å². The minimum absolute atomic E-state index is 0.00687. The second-order valence-corrected chi connectivity index (χ2v) is 9.27. The van der Waals surface area contributed by atoms with Gasteiger partial charge < -0.3 is 4.74 Å². The molecule has 0 bridgehead atoms. The Morgan fingerprint density at radius 1 is 1.09 bits per heavy atom. The normalized spacial score (nSPS) is 14.6. The second kappa shape index (κ2) is 13.1. The summed E-state index contributed by atoms with van der Waals surface area (Å²) in [5.41, 5.74) is 3.71. The number of para-hydroxylation sites is 1. The summed E-state index contributed by atoms with van der Waals surface area (Å²) in [6.45, 7) is 8.97. The Hall–Kier alpha value is -2.12. The number of halogens is 2. The summed E-state index contributed by atoms with van der Waals surface area (Å²) in [5.74, 6) is -0.161. The highest BCUT2D eigenvalue weighted by atomic mass is 35.5. The Bertz CT molecular complexity index is 959. The number of carbonyl (C=O) groups excluding carboxylic acids is 2. The van der Waals surface area contributed by atoms with Gasteiger partial charge in [-0.05, 0) is 49.4 Å². The van der Waals surface area contributed by atoms with Crippen molar-refractivity contribution < 1.29 is 19.2 Å². The van der Waals surface area contributed by atoms with E-state index in [0.29, 0.717) is 18.2 Å². The Labute approximate surface area is 212 Å². The van der Waals surface area contributed by atoms with E-state index in [-0.39, 0.29) is 24.4 Å². The molecule has 0 aliphatic carbocycles. The number of hydroxylamine groups is 2. The fourth-order valence-electron chi connectivity index (χ4n) is 3.62. The van der Waals surface area contributed by atoms with Crippen LogP contribution in [0.25, 0.3) is 0 Å². The number of nitrogens with zero attached hydrogens (tertiary/aromatic N) is 2. The first-order valence-electron chi connectivity index (χ1n) is 11.3. The van der Waals surface area contributed by atoms with Gasteiger partial charge in [-0.25, -0.2) is 5.06 Å². The molecule has 0 radical (unpaired) electrons. The van der Waals surface area contributed by atoms with Crippen molar-refractivity contribution in [2.24, 2.45) is 5.41 Å². The lowest BCUT2D eigenvalue weighted by Gasteiger charge is -2.26. The van der Waals surface area contributed by atoms with E-state index in [4.69, 9.17) is 32.8 Å². The first-order valence-corrected chi connectivity index (χ1v) is 12.3. The molecule has 186 valence electrons. The van der Waals surface area contributed by atoms with Gasteiger partial charge in [-0.15, -0.1) is 11.6 Å². The molecule has 1 aliphatic heterocycles. The molecule has 1 heterocycles. The number of hydrogen-bond donors (Lipinski definition) is 0. The van der Waals surface area contributed by atoms with Crippen molar-refractivity contribution in [2.75, 3.05) is 31.2 Å². The quantitative estimate of drug-likeness (QED) is 0.342. The molecule has 8 heteroatoms. The van der Waals surface area contributed by atoms with Crippen molar-refractivity contribution in [3.8, 4) is 0 Å². The highest BCUT2D eigenvalue weighted by molar-refractivity contribution is 6.31. The number of rotatable bonds is 8. The van der Waals surface area contributed by atoms with Gasteiger partial charge in [0.05, 0.1) is 24.3 Å². The number of aryl methyl sites for hydroxylation is 2. The molecule has 1 fully saturated rings. The monoisotopic (exact) mass is 508 g/mol. The fraction of sp³-hybridized carbons (Fsp3) is 0.462. The summed E-state index contributed by atoms with van der Waals surface area (Å²) < 4.78 is 5.13. The largest absolute Gasteiger partial charge is 0.364 e. The van der Waals surface area contributed by atoms with Crippen molar-refractivity contribution in [3.63, 3.8) is 0 Å². The number of methoxy groups -OCH3 is 1. The topological polar surface area (TPSA) is 59.1 Å². The van der Waals surface area contributed by atoms with Gasteiger partial charge in [-0.1, -0.05) is 61.8 Å². The van der Waals surface area contributed by atoms with Crippen LogP contribution < -0.4 is 4.90 Å². The zero-order chi connectivity index (χ0) is 25.3. The summed E-state index contributed by atoms with van der Waals surface area (Å²) in [6, 6.07) is 13.6. The second-order valence-electron chi connectivity index (χ2n) is 8.60. The maximum Gasteiger partial charge on any atom is 0.254 e. The minimum Gasteiger partial charge on any atom is -0.364 e. The van der Waals surface area contributed by atoms with E-state index < -0.39 is 5.41 Å². The van der Waals surface area contributed by atoms with E-state index >= 15 is 0 Å². The average molecular weight is 509 g/mol. The zero-order valence-corrected chi connectivity index (χ0v) is 22.1. The first-order chi connectivity index (χ1) is 16.2. The number of alkyl halides is 1. The summed E-state index contributed by atoms with van der Waals surface area (Å²) in [6.07, 6.45) is 1.75. The van der Waals surface area contributed by atoms with Crippen LogP contribution in [-0.4, -0.2) is 43.2 Å². The SMILES string of the molecule is CC1(C)CON(Cc2ccccc2Cl)C1=O.CCc1cccc(CC)c1N(COC)C(=O)CCl. The average Bonchev–Trinajstić information content (AvgIpc) is 3.10. The Morgan fingerprint density at radius 3 is 2.15 bits per heavy atom. The van der Waals surface area contributed by atoms with Crippen LogP contribution in [0.4, 0.5) is 5.69 Å². The van der Waals surface area contributed by atoms with Gasteiger partial charge in [0.2, 0.25) is 5.91 Å². The number of anilines is 1. The highest BCUT2D eigenvalue weighted by Crippen LogP contribution is 2.29. The number of amides is 2. The summed E-state index contributed by atoms with van der Waals surface area (Å²) in [5, 5.41) is 2.05. The van der Waals surface area contributed by atoms with Gasteiger partial charge in [-0.2, -0.15) is 0 Å². The molecule has 34 heavy (non-hydrogen) atoms.